The van der Waals surface area contributed by atoms with Gasteiger partial charge in [-0.15, -0.1) is 0 Å². The molecule has 0 aromatic heterocycles. The monoisotopic (exact) mass is 629 g/mol. The van der Waals surface area contributed by atoms with Crippen LogP contribution in [0.5, 0.6) is 11.5 Å². The van der Waals surface area contributed by atoms with E-state index in [1.807, 2.05) is 13.8 Å². The summed E-state index contributed by atoms with van der Waals surface area (Å²) in [5, 5.41) is 37.9. The first-order chi connectivity index (χ1) is 21.3. The third-order valence-electron chi connectivity index (χ3n) is 6.79. The van der Waals surface area contributed by atoms with Gasteiger partial charge in [-0.1, -0.05) is 38.1 Å². The molecule has 248 valence electrons. The number of aromatic hydroxyl groups is 2. The topological polar surface area (TPSA) is 245 Å². The SMILES string of the molecule is CC(C)[C@@H](CNC(=O)N[C@H](CNC(N)=O)Cc1ccc(O)cc1)NC(=O)NC[C@H](C)NC(=O)NC[C@@H](N)Cc1ccc(O)cc1. The van der Waals surface area contributed by atoms with Gasteiger partial charge in [0.25, 0.3) is 0 Å². The Morgan fingerprint density at radius 2 is 1.13 bits per heavy atom. The van der Waals surface area contributed by atoms with E-state index in [0.29, 0.717) is 12.8 Å². The molecule has 2 aromatic carbocycles. The van der Waals surface area contributed by atoms with Crippen LogP contribution in [0.3, 0.4) is 0 Å². The van der Waals surface area contributed by atoms with Crippen LogP contribution in [0.1, 0.15) is 31.9 Å². The van der Waals surface area contributed by atoms with Gasteiger partial charge < -0.3 is 58.9 Å². The highest BCUT2D eigenvalue weighted by molar-refractivity contribution is 5.76. The summed E-state index contributed by atoms with van der Waals surface area (Å²) in [4.78, 5) is 48.7. The summed E-state index contributed by atoms with van der Waals surface area (Å²) < 4.78 is 0. The highest BCUT2D eigenvalue weighted by Crippen LogP contribution is 2.12. The van der Waals surface area contributed by atoms with Crippen LogP contribution in [0, 0.1) is 5.92 Å². The largest absolute Gasteiger partial charge is 0.508 e. The van der Waals surface area contributed by atoms with E-state index in [0.717, 1.165) is 11.1 Å². The zero-order valence-electron chi connectivity index (χ0n) is 25.9. The van der Waals surface area contributed by atoms with Crippen LogP contribution in [0.25, 0.3) is 0 Å². The van der Waals surface area contributed by atoms with Crippen molar-refractivity contribution < 1.29 is 29.4 Å². The second-order valence-corrected chi connectivity index (χ2v) is 11.3. The van der Waals surface area contributed by atoms with Crippen molar-refractivity contribution in [2.45, 2.75) is 57.8 Å². The van der Waals surface area contributed by atoms with Gasteiger partial charge >= 0.3 is 24.1 Å². The Balaban J connectivity index is 1.73. The van der Waals surface area contributed by atoms with Crippen molar-refractivity contribution in [1.82, 2.24) is 37.2 Å². The predicted molar refractivity (Wildman–Crippen MR) is 171 cm³/mol. The summed E-state index contributed by atoms with van der Waals surface area (Å²) in [6, 6.07) is 9.48. The lowest BCUT2D eigenvalue weighted by Crippen LogP contribution is -2.55. The molecule has 0 fully saturated rings. The number of hydrogen-bond donors (Lipinski definition) is 11. The normalized spacial score (nSPS) is 13.4. The minimum atomic E-state index is -0.723. The summed E-state index contributed by atoms with van der Waals surface area (Å²) in [5.41, 5.74) is 13.1. The molecule has 0 spiro atoms. The Morgan fingerprint density at radius 3 is 1.69 bits per heavy atom. The summed E-state index contributed by atoms with van der Waals surface area (Å²) >= 11 is 0. The summed E-state index contributed by atoms with van der Waals surface area (Å²) in [7, 11) is 0. The number of urea groups is 4. The molecule has 0 unspecified atom stereocenters. The fraction of sp³-hybridized carbons (Fsp3) is 0.467. The maximum Gasteiger partial charge on any atom is 0.315 e. The second kappa shape index (κ2) is 18.7. The van der Waals surface area contributed by atoms with Gasteiger partial charge in [-0.3, -0.25) is 0 Å². The first kappa shape index (κ1) is 36.3. The number of primary amides is 1. The molecule has 0 aliphatic rings. The minimum Gasteiger partial charge on any atom is -0.508 e. The summed E-state index contributed by atoms with van der Waals surface area (Å²) in [5.74, 6) is 0.265. The molecule has 0 saturated heterocycles. The number of phenols is 2. The first-order valence-corrected chi connectivity index (χ1v) is 14.8. The molecule has 2 aromatic rings. The van der Waals surface area contributed by atoms with E-state index in [1.54, 1.807) is 43.3 Å². The lowest BCUT2D eigenvalue weighted by Gasteiger charge is -2.25. The highest BCUT2D eigenvalue weighted by atomic mass is 16.3. The molecule has 15 heteroatoms. The zero-order chi connectivity index (χ0) is 33.4. The minimum absolute atomic E-state index is 0.0208. The van der Waals surface area contributed by atoms with Gasteiger partial charge in [0.2, 0.25) is 0 Å². The van der Waals surface area contributed by atoms with Crippen LogP contribution in [0.2, 0.25) is 0 Å². The molecule has 0 radical (unpaired) electrons. The molecule has 45 heavy (non-hydrogen) atoms. The number of carbonyl (C=O) groups is 4. The number of carbonyl (C=O) groups excluding carboxylic acids is 4. The lowest BCUT2D eigenvalue weighted by molar-refractivity contribution is 0.223. The molecular weight excluding hydrogens is 582 g/mol. The lowest BCUT2D eigenvalue weighted by atomic mass is 10.0. The fourth-order valence-electron chi connectivity index (χ4n) is 4.23. The maximum absolute atomic E-state index is 12.7. The van der Waals surface area contributed by atoms with Crippen molar-refractivity contribution in [3.8, 4) is 11.5 Å². The van der Waals surface area contributed by atoms with Crippen molar-refractivity contribution in [2.24, 2.45) is 17.4 Å². The predicted octanol–water partition coefficient (Wildman–Crippen LogP) is 0.558. The molecular formula is C30H47N9O6. The van der Waals surface area contributed by atoms with Crippen LogP contribution in [-0.4, -0.2) is 84.7 Å². The van der Waals surface area contributed by atoms with Gasteiger partial charge in [0, 0.05) is 38.3 Å². The van der Waals surface area contributed by atoms with E-state index in [-0.39, 0.29) is 55.7 Å². The van der Waals surface area contributed by atoms with E-state index >= 15 is 0 Å². The highest BCUT2D eigenvalue weighted by Gasteiger charge is 2.20. The standard InChI is InChI=1S/C30H47N9O6/c1-18(2)26(17-36-29(44)38-23(16-33-27(32)42)13-21-6-10-25(41)11-7-21)39-30(45)34-14-19(3)37-28(43)35-15-22(31)12-20-4-8-24(40)9-5-20/h4-11,18-19,22-23,26,40-41H,12-17,31H2,1-3H3,(H3,32,33,42)(H2,34,39,45)(H2,35,37,43)(H2,36,38,44)/t19-,22-,23-,26+/m0/s1. The van der Waals surface area contributed by atoms with Crippen LogP contribution < -0.4 is 48.7 Å². The van der Waals surface area contributed by atoms with Gasteiger partial charge in [0.15, 0.2) is 0 Å². The molecule has 0 aliphatic carbocycles. The number of nitrogens with one attached hydrogen (secondary N) is 7. The number of nitrogens with two attached hydrogens (primary N) is 2. The second-order valence-electron chi connectivity index (χ2n) is 11.3. The maximum atomic E-state index is 12.7. The number of hydrogen-bond acceptors (Lipinski definition) is 7. The van der Waals surface area contributed by atoms with Crippen molar-refractivity contribution in [2.75, 3.05) is 26.2 Å². The third kappa shape index (κ3) is 15.4. The van der Waals surface area contributed by atoms with Crippen LogP contribution in [-0.2, 0) is 12.8 Å². The number of amides is 8. The smallest absolute Gasteiger partial charge is 0.315 e. The van der Waals surface area contributed by atoms with Crippen molar-refractivity contribution in [3.05, 3.63) is 59.7 Å². The molecule has 0 saturated carbocycles. The van der Waals surface area contributed by atoms with Gasteiger partial charge in [-0.2, -0.15) is 0 Å². The molecule has 15 nitrogen and oxygen atoms in total. The molecule has 0 bridgehead atoms. The van der Waals surface area contributed by atoms with Crippen molar-refractivity contribution in [3.63, 3.8) is 0 Å². The molecule has 4 atom stereocenters. The van der Waals surface area contributed by atoms with Crippen molar-refractivity contribution >= 4 is 24.1 Å². The quantitative estimate of drug-likeness (QED) is 0.126. The number of phenolic OH excluding ortho intramolecular Hbond substituents is 2. The molecule has 8 amide bonds. The van der Waals surface area contributed by atoms with Gasteiger partial charge in [-0.05, 0) is 61.1 Å². The first-order valence-electron chi connectivity index (χ1n) is 14.8. The van der Waals surface area contributed by atoms with E-state index in [2.05, 4.69) is 37.2 Å². The Labute approximate surface area is 263 Å². The Hall–Kier alpha value is -4.92. The van der Waals surface area contributed by atoms with Gasteiger partial charge in [0.1, 0.15) is 11.5 Å². The van der Waals surface area contributed by atoms with E-state index in [4.69, 9.17) is 11.5 Å². The Bertz CT molecular complexity index is 1230. The van der Waals surface area contributed by atoms with E-state index in [9.17, 15) is 29.4 Å². The van der Waals surface area contributed by atoms with Crippen LogP contribution in [0.15, 0.2) is 48.5 Å². The molecule has 0 aliphatic heterocycles. The molecule has 13 N–H and O–H groups in total. The third-order valence-corrected chi connectivity index (χ3v) is 6.79. The zero-order valence-corrected chi connectivity index (χ0v) is 25.9. The van der Waals surface area contributed by atoms with Gasteiger partial charge in [0.05, 0.1) is 12.1 Å². The molecule has 0 heterocycles. The number of benzene rings is 2. The summed E-state index contributed by atoms with van der Waals surface area (Å²) in [6.45, 7) is 6.16. The average molecular weight is 630 g/mol. The average Bonchev–Trinajstić information content (AvgIpc) is 2.98. The van der Waals surface area contributed by atoms with Gasteiger partial charge in [-0.25, -0.2) is 19.2 Å². The Kier molecular flexibility index (Phi) is 15.1. The van der Waals surface area contributed by atoms with E-state index in [1.165, 1.54) is 12.1 Å². The Morgan fingerprint density at radius 1 is 0.644 bits per heavy atom. The summed E-state index contributed by atoms with van der Waals surface area (Å²) in [6.07, 6.45) is 0.900. The van der Waals surface area contributed by atoms with E-state index < -0.39 is 36.2 Å². The van der Waals surface area contributed by atoms with Crippen LogP contribution >= 0.6 is 0 Å². The number of rotatable bonds is 16. The molecule has 2 rings (SSSR count). The fourth-order valence-corrected chi connectivity index (χ4v) is 4.23. The van der Waals surface area contributed by atoms with Crippen LogP contribution in [0.4, 0.5) is 19.2 Å². The van der Waals surface area contributed by atoms with Crippen molar-refractivity contribution in [1.29, 1.82) is 0 Å².